The van der Waals surface area contributed by atoms with Crippen LogP contribution >= 0.6 is 0 Å². The monoisotopic (exact) mass is 113 g/mol. The number of amides is 1. The zero-order chi connectivity index (χ0) is 5.98. The summed E-state index contributed by atoms with van der Waals surface area (Å²) in [6, 6.07) is 0. The van der Waals surface area contributed by atoms with Crippen LogP contribution in [0.2, 0.25) is 0 Å². The second-order valence-corrected chi connectivity index (χ2v) is 1.54. The van der Waals surface area contributed by atoms with Gasteiger partial charge in [0.15, 0.2) is 12.5 Å². The van der Waals surface area contributed by atoms with Crippen LogP contribution in [0.4, 0.5) is 0 Å². The van der Waals surface area contributed by atoms with Crippen LogP contribution < -0.4 is 0 Å². The molecule has 0 saturated carbocycles. The molecule has 0 N–H and O–H groups in total. The van der Waals surface area contributed by atoms with Gasteiger partial charge in [-0.1, -0.05) is 6.92 Å². The Morgan fingerprint density at radius 3 is 2.88 bits per heavy atom. The highest BCUT2D eigenvalue weighted by molar-refractivity contribution is 5.97. The molecule has 44 valence electrons. The van der Waals surface area contributed by atoms with Crippen molar-refractivity contribution in [3.63, 3.8) is 0 Å². The van der Waals surface area contributed by atoms with Crippen molar-refractivity contribution in [3.05, 3.63) is 0 Å². The van der Waals surface area contributed by atoms with Gasteiger partial charge in [0.2, 0.25) is 0 Å². The minimum atomic E-state index is -0.165. The average molecular weight is 113 g/mol. The van der Waals surface area contributed by atoms with E-state index in [2.05, 4.69) is 4.99 Å². The molecule has 1 aliphatic heterocycles. The van der Waals surface area contributed by atoms with E-state index >= 15 is 0 Å². The minimum absolute atomic E-state index is 0.142. The Morgan fingerprint density at radius 2 is 2.62 bits per heavy atom. The summed E-state index contributed by atoms with van der Waals surface area (Å²) in [5, 5.41) is 0. The first-order valence-electron chi connectivity index (χ1n) is 2.56. The standard InChI is InChI=1S/C5H7NO2/c1-2-5-6-4(7)3-8-5/h2-3H2,1H3. The van der Waals surface area contributed by atoms with E-state index in [1.165, 1.54) is 0 Å². The molecular formula is C5H7NO2. The first-order valence-corrected chi connectivity index (χ1v) is 2.56. The first-order chi connectivity index (χ1) is 3.83. The summed E-state index contributed by atoms with van der Waals surface area (Å²) in [5.41, 5.74) is 0. The van der Waals surface area contributed by atoms with E-state index in [1.807, 2.05) is 6.92 Å². The highest BCUT2D eigenvalue weighted by atomic mass is 16.5. The van der Waals surface area contributed by atoms with Gasteiger partial charge in [-0.25, -0.2) is 0 Å². The lowest BCUT2D eigenvalue weighted by Crippen LogP contribution is -1.96. The van der Waals surface area contributed by atoms with Crippen LogP contribution in [0.3, 0.4) is 0 Å². The molecule has 0 bridgehead atoms. The van der Waals surface area contributed by atoms with Gasteiger partial charge >= 0.3 is 0 Å². The lowest BCUT2D eigenvalue weighted by Gasteiger charge is -1.90. The molecule has 0 fully saturated rings. The minimum Gasteiger partial charge on any atom is -0.471 e. The Balaban J connectivity index is 2.57. The highest BCUT2D eigenvalue weighted by Gasteiger charge is 2.11. The number of carbonyl (C=O) groups is 1. The fraction of sp³-hybridized carbons (Fsp3) is 0.600. The topological polar surface area (TPSA) is 38.7 Å². The van der Waals surface area contributed by atoms with Crippen LogP contribution in [0.1, 0.15) is 13.3 Å². The number of carbonyl (C=O) groups excluding carboxylic acids is 1. The molecule has 0 aromatic heterocycles. The van der Waals surface area contributed by atoms with Crippen molar-refractivity contribution < 1.29 is 9.53 Å². The molecule has 0 saturated heterocycles. The summed E-state index contributed by atoms with van der Waals surface area (Å²) >= 11 is 0. The van der Waals surface area contributed by atoms with Gasteiger partial charge in [-0.3, -0.25) is 4.79 Å². The molecule has 3 nitrogen and oxygen atoms in total. The lowest BCUT2D eigenvalue weighted by atomic mass is 10.5. The average Bonchev–Trinajstić information content (AvgIpc) is 2.14. The van der Waals surface area contributed by atoms with Gasteiger partial charge < -0.3 is 4.74 Å². The molecule has 8 heavy (non-hydrogen) atoms. The quantitative estimate of drug-likeness (QED) is 0.492. The summed E-state index contributed by atoms with van der Waals surface area (Å²) in [7, 11) is 0. The molecule has 0 radical (unpaired) electrons. The maximum Gasteiger partial charge on any atom is 0.286 e. The molecule has 0 unspecified atom stereocenters. The lowest BCUT2D eigenvalue weighted by molar-refractivity contribution is -0.118. The van der Waals surface area contributed by atoms with E-state index in [0.29, 0.717) is 12.3 Å². The predicted octanol–water partition coefficient (Wildman–Crippen LogP) is 0.352. The number of aliphatic imine (C=N–C) groups is 1. The van der Waals surface area contributed by atoms with E-state index in [1.54, 1.807) is 0 Å². The van der Waals surface area contributed by atoms with Crippen molar-refractivity contribution in [1.82, 2.24) is 0 Å². The SMILES string of the molecule is CCC1=NC(=O)CO1. The smallest absolute Gasteiger partial charge is 0.286 e. The van der Waals surface area contributed by atoms with Crippen LogP contribution in [0.15, 0.2) is 4.99 Å². The van der Waals surface area contributed by atoms with E-state index < -0.39 is 0 Å². The van der Waals surface area contributed by atoms with E-state index in [-0.39, 0.29) is 12.5 Å². The van der Waals surface area contributed by atoms with Crippen LogP contribution in [-0.4, -0.2) is 18.4 Å². The molecule has 0 spiro atoms. The number of hydrogen-bond donors (Lipinski definition) is 0. The molecule has 1 aliphatic rings. The zero-order valence-electron chi connectivity index (χ0n) is 4.68. The molecule has 3 heteroatoms. The van der Waals surface area contributed by atoms with E-state index in [0.717, 1.165) is 0 Å². The fourth-order valence-electron chi connectivity index (χ4n) is 0.530. The third-order valence-corrected chi connectivity index (χ3v) is 0.914. The van der Waals surface area contributed by atoms with Gasteiger partial charge in [0.1, 0.15) is 0 Å². The Morgan fingerprint density at radius 1 is 1.88 bits per heavy atom. The summed E-state index contributed by atoms with van der Waals surface area (Å²) < 4.78 is 4.81. The summed E-state index contributed by atoms with van der Waals surface area (Å²) in [6.45, 7) is 2.04. The van der Waals surface area contributed by atoms with Gasteiger partial charge in [-0.15, -0.1) is 0 Å². The third kappa shape index (κ3) is 0.857. The summed E-state index contributed by atoms with van der Waals surface area (Å²) in [6.07, 6.45) is 0.714. The molecule has 1 rings (SSSR count). The van der Waals surface area contributed by atoms with E-state index in [4.69, 9.17) is 4.74 Å². The maximum absolute atomic E-state index is 10.3. The highest BCUT2D eigenvalue weighted by Crippen LogP contribution is 1.97. The molecule has 0 aliphatic carbocycles. The Bertz CT molecular complexity index is 139. The molecule has 0 aromatic rings. The van der Waals surface area contributed by atoms with Gasteiger partial charge in [-0.2, -0.15) is 4.99 Å². The van der Waals surface area contributed by atoms with Crippen molar-refractivity contribution in [2.45, 2.75) is 13.3 Å². The Kier molecular flexibility index (Phi) is 1.28. The van der Waals surface area contributed by atoms with Gasteiger partial charge in [0, 0.05) is 6.42 Å². The van der Waals surface area contributed by atoms with Crippen LogP contribution in [0, 0.1) is 0 Å². The number of hydrogen-bond acceptors (Lipinski definition) is 2. The second-order valence-electron chi connectivity index (χ2n) is 1.54. The number of rotatable bonds is 1. The molecule has 0 atom stereocenters. The van der Waals surface area contributed by atoms with Gasteiger partial charge in [0.05, 0.1) is 0 Å². The van der Waals surface area contributed by atoms with Crippen molar-refractivity contribution in [2.75, 3.05) is 6.61 Å². The van der Waals surface area contributed by atoms with Crippen molar-refractivity contribution in [3.8, 4) is 0 Å². The molecule has 1 amide bonds. The maximum atomic E-state index is 10.3. The van der Waals surface area contributed by atoms with Crippen molar-refractivity contribution in [1.29, 1.82) is 0 Å². The molecular weight excluding hydrogens is 106 g/mol. The van der Waals surface area contributed by atoms with Gasteiger partial charge in [0.25, 0.3) is 5.91 Å². The summed E-state index contributed by atoms with van der Waals surface area (Å²) in [5.74, 6) is 0.400. The zero-order valence-corrected chi connectivity index (χ0v) is 4.68. The van der Waals surface area contributed by atoms with Crippen molar-refractivity contribution >= 4 is 11.8 Å². The number of ether oxygens (including phenoxy) is 1. The van der Waals surface area contributed by atoms with E-state index in [9.17, 15) is 4.79 Å². The van der Waals surface area contributed by atoms with Crippen molar-refractivity contribution in [2.24, 2.45) is 4.99 Å². The largest absolute Gasteiger partial charge is 0.471 e. The second kappa shape index (κ2) is 1.94. The Hall–Kier alpha value is -0.860. The number of nitrogens with zero attached hydrogens (tertiary/aromatic N) is 1. The third-order valence-electron chi connectivity index (χ3n) is 0.914. The van der Waals surface area contributed by atoms with Crippen LogP contribution in [0.5, 0.6) is 0 Å². The molecule has 1 heterocycles. The summed E-state index contributed by atoms with van der Waals surface area (Å²) in [4.78, 5) is 13.9. The first kappa shape index (κ1) is 5.28. The normalized spacial score (nSPS) is 18.1. The van der Waals surface area contributed by atoms with Crippen LogP contribution in [-0.2, 0) is 9.53 Å². The van der Waals surface area contributed by atoms with Crippen LogP contribution in [0.25, 0.3) is 0 Å². The van der Waals surface area contributed by atoms with Gasteiger partial charge in [-0.05, 0) is 0 Å². The molecule has 0 aromatic carbocycles. The predicted molar refractivity (Wildman–Crippen MR) is 28.7 cm³/mol. The fourth-order valence-corrected chi connectivity index (χ4v) is 0.530. The Labute approximate surface area is 47.4 Å².